The highest BCUT2D eigenvalue weighted by Gasteiger charge is 2.30. The molecule has 17 nitrogen and oxygen atoms in total. The fourth-order valence-electron chi connectivity index (χ4n) is 13.4. The molecule has 0 aromatic carbocycles. The molecule has 0 amide bonds. The Hall–Kier alpha value is -1.94. The van der Waals surface area contributed by atoms with Gasteiger partial charge < -0.3 is 33.8 Å². The van der Waals surface area contributed by atoms with Crippen LogP contribution in [0.5, 0.6) is 0 Å². The van der Waals surface area contributed by atoms with Crippen molar-refractivity contribution >= 4 is 39.5 Å². The van der Waals surface area contributed by atoms with Crippen LogP contribution in [-0.4, -0.2) is 96.7 Å². The molecule has 0 heterocycles. The Kier molecular flexibility index (Phi) is 76.0. The van der Waals surface area contributed by atoms with Crippen molar-refractivity contribution in [1.29, 1.82) is 0 Å². The van der Waals surface area contributed by atoms with Crippen molar-refractivity contribution in [2.24, 2.45) is 11.8 Å². The molecule has 105 heavy (non-hydrogen) atoms. The number of aliphatic hydroxyl groups excluding tert-OH is 1. The fourth-order valence-corrected chi connectivity index (χ4v) is 15.0. The lowest BCUT2D eigenvalue weighted by Crippen LogP contribution is -2.30. The predicted octanol–water partition coefficient (Wildman–Crippen LogP) is 26.2. The summed E-state index contributed by atoms with van der Waals surface area (Å²) in [6.07, 6.45) is 69.6. The van der Waals surface area contributed by atoms with Crippen LogP contribution in [0.15, 0.2) is 0 Å². The Bertz CT molecular complexity index is 2010. The van der Waals surface area contributed by atoms with Gasteiger partial charge in [-0.25, -0.2) is 9.13 Å². The van der Waals surface area contributed by atoms with Gasteiger partial charge in [0, 0.05) is 25.7 Å². The van der Waals surface area contributed by atoms with Crippen LogP contribution in [0.25, 0.3) is 0 Å². The van der Waals surface area contributed by atoms with E-state index in [-0.39, 0.29) is 25.7 Å². The van der Waals surface area contributed by atoms with E-state index in [9.17, 15) is 43.2 Å². The molecule has 0 aromatic rings. The SMILES string of the molecule is CCCCCCCCCCCCCCCCCCCCCCCC(=O)OC[C@H](COP(=O)(O)OC[C@@H](O)COP(=O)(O)OC[C@@H](COC(=O)CCCCCCCCC(C)CC)OC(=O)CCCCCCCCCCCCCCC)OC(=O)CCCCCCCCCCCCCCCCCCCCC(C)C. The van der Waals surface area contributed by atoms with Gasteiger partial charge in [0.25, 0.3) is 0 Å². The van der Waals surface area contributed by atoms with Gasteiger partial charge in [-0.1, -0.05) is 408 Å². The van der Waals surface area contributed by atoms with Gasteiger partial charge >= 0.3 is 39.5 Å². The van der Waals surface area contributed by atoms with Crippen molar-refractivity contribution < 1.29 is 80.2 Å². The van der Waals surface area contributed by atoms with E-state index in [0.29, 0.717) is 25.7 Å². The largest absolute Gasteiger partial charge is 0.472 e. The average molecular weight is 1540 g/mol. The van der Waals surface area contributed by atoms with Crippen molar-refractivity contribution in [3.05, 3.63) is 0 Å². The van der Waals surface area contributed by atoms with Crippen LogP contribution in [0.3, 0.4) is 0 Å². The van der Waals surface area contributed by atoms with Crippen molar-refractivity contribution in [2.75, 3.05) is 39.6 Å². The monoisotopic (exact) mass is 1540 g/mol. The number of aliphatic hydroxyl groups is 1. The van der Waals surface area contributed by atoms with Gasteiger partial charge in [0.1, 0.15) is 19.3 Å². The van der Waals surface area contributed by atoms with Crippen molar-refractivity contribution in [1.82, 2.24) is 0 Å². The van der Waals surface area contributed by atoms with Gasteiger partial charge in [0.2, 0.25) is 0 Å². The molecule has 0 aliphatic heterocycles. The number of carbonyl (C=O) groups excluding carboxylic acids is 4. The number of hydrogen-bond donors (Lipinski definition) is 3. The van der Waals surface area contributed by atoms with E-state index in [1.807, 2.05) is 0 Å². The Labute approximate surface area is 645 Å². The summed E-state index contributed by atoms with van der Waals surface area (Å²) in [6, 6.07) is 0. The van der Waals surface area contributed by atoms with Crippen molar-refractivity contribution in [3.8, 4) is 0 Å². The molecule has 0 fully saturated rings. The van der Waals surface area contributed by atoms with Gasteiger partial charge in [-0.2, -0.15) is 0 Å². The topological polar surface area (TPSA) is 237 Å². The molecule has 0 aliphatic carbocycles. The van der Waals surface area contributed by atoms with Crippen LogP contribution in [0.1, 0.15) is 459 Å². The third-order valence-electron chi connectivity index (χ3n) is 20.6. The number of esters is 4. The molecule has 0 saturated heterocycles. The summed E-state index contributed by atoms with van der Waals surface area (Å²) in [5.74, 6) is -0.553. The van der Waals surface area contributed by atoms with Gasteiger partial charge in [-0.15, -0.1) is 0 Å². The van der Waals surface area contributed by atoms with E-state index in [1.165, 1.54) is 270 Å². The molecule has 0 rings (SSSR count). The van der Waals surface area contributed by atoms with Crippen LogP contribution < -0.4 is 0 Å². The van der Waals surface area contributed by atoms with Gasteiger partial charge in [0.15, 0.2) is 12.2 Å². The van der Waals surface area contributed by atoms with Crippen molar-refractivity contribution in [3.63, 3.8) is 0 Å². The lowest BCUT2D eigenvalue weighted by molar-refractivity contribution is -0.161. The second-order valence-corrected chi connectivity index (χ2v) is 34.6. The fraction of sp³-hybridized carbons (Fsp3) is 0.953. The maximum absolute atomic E-state index is 13.1. The number of hydrogen-bond acceptors (Lipinski definition) is 15. The Morgan fingerprint density at radius 2 is 0.486 bits per heavy atom. The highest BCUT2D eigenvalue weighted by molar-refractivity contribution is 7.47. The maximum Gasteiger partial charge on any atom is 0.472 e. The highest BCUT2D eigenvalue weighted by atomic mass is 31.2. The van der Waals surface area contributed by atoms with E-state index in [0.717, 1.165) is 108 Å². The number of unbranched alkanes of at least 4 members (excludes halogenated alkanes) is 54. The zero-order valence-electron chi connectivity index (χ0n) is 69.0. The van der Waals surface area contributed by atoms with Gasteiger partial charge in [-0.05, 0) is 37.5 Å². The first-order valence-electron chi connectivity index (χ1n) is 44.5. The molecule has 624 valence electrons. The zero-order valence-corrected chi connectivity index (χ0v) is 70.8. The summed E-state index contributed by atoms with van der Waals surface area (Å²) >= 11 is 0. The van der Waals surface area contributed by atoms with Crippen LogP contribution in [0, 0.1) is 11.8 Å². The van der Waals surface area contributed by atoms with Gasteiger partial charge in [0.05, 0.1) is 26.4 Å². The van der Waals surface area contributed by atoms with Gasteiger partial charge in [-0.3, -0.25) is 37.3 Å². The summed E-state index contributed by atoms with van der Waals surface area (Å²) in [6.45, 7) is 9.66. The molecule has 19 heteroatoms. The third-order valence-corrected chi connectivity index (χ3v) is 22.5. The van der Waals surface area contributed by atoms with Crippen LogP contribution in [0.4, 0.5) is 0 Å². The first-order valence-corrected chi connectivity index (χ1v) is 47.5. The minimum absolute atomic E-state index is 0.107. The molecule has 6 atom stereocenters. The average Bonchev–Trinajstić information content (AvgIpc) is 0.994. The number of rotatable bonds is 85. The summed E-state index contributed by atoms with van der Waals surface area (Å²) in [5.41, 5.74) is 0. The van der Waals surface area contributed by atoms with E-state index >= 15 is 0 Å². The van der Waals surface area contributed by atoms with Crippen molar-refractivity contribution in [2.45, 2.75) is 477 Å². The number of carbonyl (C=O) groups is 4. The van der Waals surface area contributed by atoms with E-state index < -0.39 is 97.5 Å². The highest BCUT2D eigenvalue weighted by Crippen LogP contribution is 2.45. The molecule has 0 bridgehead atoms. The molecule has 3 N–H and O–H groups in total. The first kappa shape index (κ1) is 103. The standard InChI is InChI=1S/C86H168O17P2/c1-7-10-12-14-16-18-20-22-23-24-25-26-27-31-34-38-41-45-49-56-62-68-83(88)96-74-81(102-85(90)71-65-59-51-47-43-39-35-32-29-28-30-33-37-40-44-48-54-60-66-78(4)5)76-100-104(92,93)98-72-80(87)73-99-105(94,95)101-77-82(75-97-84(89)69-63-57-53-52-55-61-67-79(6)9-3)103-86(91)70-64-58-50-46-42-36-21-19-17-15-13-11-8-2/h78-82,87H,7-77H2,1-6H3,(H,92,93)(H,94,95)/t79?,80-,81-,82-/m1/s1. The summed E-state index contributed by atoms with van der Waals surface area (Å²) in [7, 11) is -9.93. The second kappa shape index (κ2) is 77.4. The number of phosphoric acid groups is 2. The maximum atomic E-state index is 13.1. The zero-order chi connectivity index (χ0) is 77.1. The quantitative estimate of drug-likeness (QED) is 0.0222. The molecular weight excluding hydrogens is 1370 g/mol. The Morgan fingerprint density at radius 3 is 0.724 bits per heavy atom. The summed E-state index contributed by atoms with van der Waals surface area (Å²) in [5, 5.41) is 10.7. The molecule has 3 unspecified atom stereocenters. The summed E-state index contributed by atoms with van der Waals surface area (Å²) in [4.78, 5) is 73.2. The van der Waals surface area contributed by atoms with Crippen LogP contribution in [0.2, 0.25) is 0 Å². The lowest BCUT2D eigenvalue weighted by atomic mass is 10.00. The Morgan fingerprint density at radius 1 is 0.276 bits per heavy atom. The van der Waals surface area contributed by atoms with Crippen LogP contribution >= 0.6 is 15.6 Å². The first-order chi connectivity index (χ1) is 50.9. The van der Waals surface area contributed by atoms with Crippen LogP contribution in [-0.2, 0) is 65.4 Å². The second-order valence-electron chi connectivity index (χ2n) is 31.6. The minimum Gasteiger partial charge on any atom is -0.462 e. The lowest BCUT2D eigenvalue weighted by Gasteiger charge is -2.21. The number of phosphoric ester groups is 2. The molecule has 0 saturated carbocycles. The normalized spacial score (nSPS) is 14.1. The van der Waals surface area contributed by atoms with E-state index in [1.54, 1.807) is 0 Å². The summed E-state index contributed by atoms with van der Waals surface area (Å²) < 4.78 is 68.8. The smallest absolute Gasteiger partial charge is 0.462 e. The molecule has 0 radical (unpaired) electrons. The molecule has 0 spiro atoms. The molecule has 0 aliphatic rings. The number of ether oxygens (including phenoxy) is 4. The Balaban J connectivity index is 5.21. The third kappa shape index (κ3) is 78.5. The molecular formula is C86H168O17P2. The minimum atomic E-state index is -4.97. The van der Waals surface area contributed by atoms with E-state index in [4.69, 9.17) is 37.0 Å². The predicted molar refractivity (Wildman–Crippen MR) is 432 cm³/mol. The molecule has 0 aromatic heterocycles. The van der Waals surface area contributed by atoms with E-state index in [2.05, 4.69) is 41.5 Å².